The predicted molar refractivity (Wildman–Crippen MR) is 67.5 cm³/mol. The highest BCUT2D eigenvalue weighted by atomic mass is 16.4. The lowest BCUT2D eigenvalue weighted by Gasteiger charge is -2.16. The van der Waals surface area contributed by atoms with Crippen LogP contribution in [-0.4, -0.2) is 40.5 Å². The van der Waals surface area contributed by atoms with Gasteiger partial charge in [0.25, 0.3) is 5.91 Å². The van der Waals surface area contributed by atoms with Crippen molar-refractivity contribution in [2.24, 2.45) is 0 Å². The molecule has 0 radical (unpaired) electrons. The van der Waals surface area contributed by atoms with E-state index in [-0.39, 0.29) is 18.0 Å². The second-order valence-electron chi connectivity index (χ2n) is 4.17. The van der Waals surface area contributed by atoms with Gasteiger partial charge in [-0.2, -0.15) is 5.26 Å². The standard InChI is InChI=1S/C13H15N3O3/c1-9-10(8-14)5-6-11(15-9)13(19)16(2)7-3-4-12(17)18/h5-6H,3-4,7H2,1-2H3,(H,17,18). The normalized spacial score (nSPS) is 9.74. The van der Waals surface area contributed by atoms with Crippen molar-refractivity contribution in [2.45, 2.75) is 19.8 Å². The van der Waals surface area contributed by atoms with Crippen LogP contribution >= 0.6 is 0 Å². The van der Waals surface area contributed by atoms with E-state index in [0.717, 1.165) is 0 Å². The Hall–Kier alpha value is -2.42. The maximum absolute atomic E-state index is 12.0. The fourth-order valence-corrected chi connectivity index (χ4v) is 1.56. The summed E-state index contributed by atoms with van der Waals surface area (Å²) in [5.74, 6) is -1.16. The third-order valence-corrected chi connectivity index (χ3v) is 2.66. The van der Waals surface area contributed by atoms with E-state index in [1.807, 2.05) is 6.07 Å². The summed E-state index contributed by atoms with van der Waals surface area (Å²) in [5, 5.41) is 17.3. The van der Waals surface area contributed by atoms with Gasteiger partial charge in [0.15, 0.2) is 0 Å². The minimum absolute atomic E-state index is 0.0252. The number of amides is 1. The first-order chi connectivity index (χ1) is 8.95. The molecule has 0 spiro atoms. The number of aryl methyl sites for hydroxylation is 1. The van der Waals surface area contributed by atoms with Gasteiger partial charge in [0, 0.05) is 20.0 Å². The Morgan fingerprint density at radius 2 is 2.16 bits per heavy atom. The van der Waals surface area contributed by atoms with Gasteiger partial charge < -0.3 is 10.0 Å². The minimum Gasteiger partial charge on any atom is -0.481 e. The molecule has 0 unspecified atom stereocenters. The van der Waals surface area contributed by atoms with E-state index in [2.05, 4.69) is 4.98 Å². The van der Waals surface area contributed by atoms with Crippen molar-refractivity contribution in [1.82, 2.24) is 9.88 Å². The molecule has 1 heterocycles. The van der Waals surface area contributed by atoms with Crippen LogP contribution in [0.4, 0.5) is 0 Å². The highest BCUT2D eigenvalue weighted by Crippen LogP contribution is 2.08. The molecular weight excluding hydrogens is 246 g/mol. The predicted octanol–water partition coefficient (Wildman–Crippen LogP) is 1.20. The zero-order valence-corrected chi connectivity index (χ0v) is 10.9. The highest BCUT2D eigenvalue weighted by Gasteiger charge is 2.14. The van der Waals surface area contributed by atoms with Gasteiger partial charge in [0.2, 0.25) is 0 Å². The summed E-state index contributed by atoms with van der Waals surface area (Å²) < 4.78 is 0. The fraction of sp³-hybridized carbons (Fsp3) is 0.385. The zero-order valence-electron chi connectivity index (χ0n) is 10.9. The van der Waals surface area contributed by atoms with Crippen LogP contribution in [0.1, 0.15) is 34.6 Å². The summed E-state index contributed by atoms with van der Waals surface area (Å²) in [6.45, 7) is 2.02. The number of pyridine rings is 1. The van der Waals surface area contributed by atoms with Gasteiger partial charge in [-0.3, -0.25) is 9.59 Å². The van der Waals surface area contributed by atoms with Crippen molar-refractivity contribution in [2.75, 3.05) is 13.6 Å². The van der Waals surface area contributed by atoms with Crippen LogP contribution in [0.2, 0.25) is 0 Å². The summed E-state index contributed by atoms with van der Waals surface area (Å²) in [6, 6.07) is 5.04. The maximum atomic E-state index is 12.0. The average Bonchev–Trinajstić information content (AvgIpc) is 2.37. The van der Waals surface area contributed by atoms with Gasteiger partial charge in [-0.05, 0) is 25.5 Å². The summed E-state index contributed by atoms with van der Waals surface area (Å²) in [4.78, 5) is 27.9. The Bertz CT molecular complexity index is 534. The van der Waals surface area contributed by atoms with Gasteiger partial charge in [-0.1, -0.05) is 0 Å². The van der Waals surface area contributed by atoms with E-state index in [1.54, 1.807) is 20.0 Å². The topological polar surface area (TPSA) is 94.3 Å². The molecule has 0 atom stereocenters. The van der Waals surface area contributed by atoms with Crippen molar-refractivity contribution in [3.05, 3.63) is 29.1 Å². The van der Waals surface area contributed by atoms with E-state index < -0.39 is 5.97 Å². The third kappa shape index (κ3) is 4.07. The van der Waals surface area contributed by atoms with Gasteiger partial charge in [0.05, 0.1) is 11.3 Å². The van der Waals surface area contributed by atoms with E-state index in [1.165, 1.54) is 11.0 Å². The quantitative estimate of drug-likeness (QED) is 0.859. The van der Waals surface area contributed by atoms with Crippen LogP contribution in [0.3, 0.4) is 0 Å². The van der Waals surface area contributed by atoms with Gasteiger partial charge in [-0.15, -0.1) is 0 Å². The molecule has 0 saturated carbocycles. The van der Waals surface area contributed by atoms with E-state index in [0.29, 0.717) is 24.2 Å². The van der Waals surface area contributed by atoms with Crippen molar-refractivity contribution >= 4 is 11.9 Å². The highest BCUT2D eigenvalue weighted by molar-refractivity contribution is 5.92. The molecule has 6 heteroatoms. The number of nitrogens with zero attached hydrogens (tertiary/aromatic N) is 3. The molecule has 1 amide bonds. The number of aliphatic carboxylic acids is 1. The van der Waals surface area contributed by atoms with Crippen LogP contribution < -0.4 is 0 Å². The Kier molecular flexibility index (Phi) is 5.01. The van der Waals surface area contributed by atoms with E-state index in [9.17, 15) is 9.59 Å². The molecule has 0 fully saturated rings. The molecule has 1 N–H and O–H groups in total. The molecule has 1 rings (SSSR count). The molecule has 100 valence electrons. The summed E-state index contributed by atoms with van der Waals surface area (Å²) in [7, 11) is 1.60. The Morgan fingerprint density at radius 1 is 1.47 bits per heavy atom. The number of carboxylic acid groups (broad SMARTS) is 1. The minimum atomic E-state index is -0.881. The summed E-state index contributed by atoms with van der Waals surface area (Å²) in [6.07, 6.45) is 0.421. The number of rotatable bonds is 5. The molecule has 1 aromatic rings. The van der Waals surface area contributed by atoms with E-state index >= 15 is 0 Å². The fourth-order valence-electron chi connectivity index (χ4n) is 1.56. The smallest absolute Gasteiger partial charge is 0.303 e. The lowest BCUT2D eigenvalue weighted by Crippen LogP contribution is -2.29. The maximum Gasteiger partial charge on any atom is 0.303 e. The van der Waals surface area contributed by atoms with Crippen LogP contribution in [0.15, 0.2) is 12.1 Å². The number of aromatic nitrogens is 1. The van der Waals surface area contributed by atoms with Crippen LogP contribution in [0.5, 0.6) is 0 Å². The number of carboxylic acids is 1. The number of nitriles is 1. The average molecular weight is 261 g/mol. The van der Waals surface area contributed by atoms with Gasteiger partial charge in [0.1, 0.15) is 11.8 Å². The van der Waals surface area contributed by atoms with Crippen molar-refractivity contribution < 1.29 is 14.7 Å². The largest absolute Gasteiger partial charge is 0.481 e. The molecule has 1 aromatic heterocycles. The van der Waals surface area contributed by atoms with Gasteiger partial charge >= 0.3 is 5.97 Å². The van der Waals surface area contributed by atoms with Crippen molar-refractivity contribution in [3.63, 3.8) is 0 Å². The zero-order chi connectivity index (χ0) is 14.4. The summed E-state index contributed by atoms with van der Waals surface area (Å²) >= 11 is 0. The first-order valence-electron chi connectivity index (χ1n) is 5.80. The molecule has 0 aromatic carbocycles. The monoisotopic (exact) mass is 261 g/mol. The lowest BCUT2D eigenvalue weighted by atomic mass is 10.2. The third-order valence-electron chi connectivity index (χ3n) is 2.66. The number of hydrogen-bond donors (Lipinski definition) is 1. The van der Waals surface area contributed by atoms with Crippen molar-refractivity contribution in [3.8, 4) is 6.07 Å². The number of carbonyl (C=O) groups is 2. The number of carbonyl (C=O) groups excluding carboxylic acids is 1. The molecule has 0 aliphatic carbocycles. The molecule has 0 aliphatic heterocycles. The second-order valence-corrected chi connectivity index (χ2v) is 4.17. The van der Waals surface area contributed by atoms with E-state index in [4.69, 9.17) is 10.4 Å². The van der Waals surface area contributed by atoms with Crippen molar-refractivity contribution in [1.29, 1.82) is 5.26 Å². The molecule has 0 aliphatic rings. The molecule has 0 saturated heterocycles. The van der Waals surface area contributed by atoms with Crippen LogP contribution in [-0.2, 0) is 4.79 Å². The lowest BCUT2D eigenvalue weighted by molar-refractivity contribution is -0.137. The van der Waals surface area contributed by atoms with Gasteiger partial charge in [-0.25, -0.2) is 4.98 Å². The SMILES string of the molecule is Cc1nc(C(=O)N(C)CCCC(=O)O)ccc1C#N. The Balaban J connectivity index is 2.69. The molecule has 0 bridgehead atoms. The first kappa shape index (κ1) is 14.6. The number of hydrogen-bond acceptors (Lipinski definition) is 4. The second kappa shape index (κ2) is 6.50. The Labute approximate surface area is 111 Å². The van der Waals surface area contributed by atoms with Crippen LogP contribution in [0.25, 0.3) is 0 Å². The molecule has 6 nitrogen and oxygen atoms in total. The Morgan fingerprint density at radius 3 is 2.68 bits per heavy atom. The summed E-state index contributed by atoms with van der Waals surface area (Å²) in [5.41, 5.74) is 1.20. The first-order valence-corrected chi connectivity index (χ1v) is 5.80. The van der Waals surface area contributed by atoms with Crippen LogP contribution in [0, 0.1) is 18.3 Å². The molecule has 19 heavy (non-hydrogen) atoms. The molecular formula is C13H15N3O3.